The number of aryl methyl sites for hydroxylation is 1. The lowest BCUT2D eigenvalue weighted by molar-refractivity contribution is 0.305. The molecule has 0 aromatic heterocycles. The molecular weight excluding hydrogens is 268 g/mol. The Kier molecular flexibility index (Phi) is 6.58. The van der Waals surface area contributed by atoms with Gasteiger partial charge in [-0.05, 0) is 49.7 Å². The monoisotopic (exact) mass is 292 g/mol. The van der Waals surface area contributed by atoms with Crippen molar-refractivity contribution < 1.29 is 4.74 Å². The molecule has 22 heavy (non-hydrogen) atoms. The zero-order chi connectivity index (χ0) is 15.6. The lowest BCUT2D eigenvalue weighted by atomic mass is 10.1. The molecule has 0 aliphatic heterocycles. The first-order chi connectivity index (χ1) is 10.8. The number of unbranched alkanes of at least 4 members (excludes halogenated alkanes) is 3. The summed E-state index contributed by atoms with van der Waals surface area (Å²) in [6.45, 7) is 5.10. The first kappa shape index (κ1) is 16.2. The van der Waals surface area contributed by atoms with Crippen molar-refractivity contribution >= 4 is 0 Å². The topological polar surface area (TPSA) is 9.23 Å². The Morgan fingerprint density at radius 1 is 0.773 bits per heavy atom. The third-order valence-electron chi connectivity index (χ3n) is 3.52. The van der Waals surface area contributed by atoms with Crippen molar-refractivity contribution in [3.8, 4) is 17.6 Å². The van der Waals surface area contributed by atoms with Gasteiger partial charge in [0.2, 0.25) is 0 Å². The first-order valence-electron chi connectivity index (χ1n) is 8.09. The van der Waals surface area contributed by atoms with E-state index in [4.69, 9.17) is 4.74 Å². The van der Waals surface area contributed by atoms with Crippen molar-refractivity contribution in [1.82, 2.24) is 0 Å². The van der Waals surface area contributed by atoms with Gasteiger partial charge in [-0.2, -0.15) is 0 Å². The highest BCUT2D eigenvalue weighted by Gasteiger charge is 1.94. The Morgan fingerprint density at radius 2 is 1.36 bits per heavy atom. The Morgan fingerprint density at radius 3 is 1.95 bits per heavy atom. The summed E-state index contributed by atoms with van der Waals surface area (Å²) < 4.78 is 5.74. The molecule has 0 fully saturated rings. The zero-order valence-corrected chi connectivity index (χ0v) is 13.6. The Labute approximate surface area is 134 Å². The SMILES string of the molecule is CCCCCCOc1ccc(C#Cc2ccc(C)cc2)cc1. The standard InChI is InChI=1S/C21H24O/c1-3-4-5-6-17-22-21-15-13-20(14-16-21)12-11-19-9-7-18(2)8-10-19/h7-10,13-16H,3-6,17H2,1-2H3. The molecule has 0 N–H and O–H groups in total. The molecule has 0 aliphatic rings. The highest BCUT2D eigenvalue weighted by Crippen LogP contribution is 2.12. The van der Waals surface area contributed by atoms with Gasteiger partial charge in [-0.25, -0.2) is 0 Å². The largest absolute Gasteiger partial charge is 0.494 e. The Hall–Kier alpha value is -2.20. The number of benzene rings is 2. The average molecular weight is 292 g/mol. The van der Waals surface area contributed by atoms with E-state index >= 15 is 0 Å². The second-order valence-corrected chi connectivity index (χ2v) is 5.55. The predicted octanol–water partition coefficient (Wildman–Crippen LogP) is 5.35. The van der Waals surface area contributed by atoms with Crippen LogP contribution in [0.2, 0.25) is 0 Å². The number of rotatable bonds is 6. The van der Waals surface area contributed by atoms with Gasteiger partial charge in [0.25, 0.3) is 0 Å². The third kappa shape index (κ3) is 5.66. The molecule has 0 aliphatic carbocycles. The summed E-state index contributed by atoms with van der Waals surface area (Å²) in [4.78, 5) is 0. The fourth-order valence-electron chi connectivity index (χ4n) is 2.13. The number of hydrogen-bond donors (Lipinski definition) is 0. The van der Waals surface area contributed by atoms with Crippen LogP contribution < -0.4 is 4.74 Å². The van der Waals surface area contributed by atoms with Crippen LogP contribution in [-0.2, 0) is 0 Å². The van der Waals surface area contributed by atoms with Crippen molar-refractivity contribution in [3.63, 3.8) is 0 Å². The summed E-state index contributed by atoms with van der Waals surface area (Å²) >= 11 is 0. The van der Waals surface area contributed by atoms with E-state index in [1.807, 2.05) is 24.3 Å². The summed E-state index contributed by atoms with van der Waals surface area (Å²) in [5.41, 5.74) is 3.31. The molecule has 1 heteroatoms. The summed E-state index contributed by atoms with van der Waals surface area (Å²) in [6.07, 6.45) is 4.92. The quantitative estimate of drug-likeness (QED) is 0.515. The predicted molar refractivity (Wildman–Crippen MR) is 93.2 cm³/mol. The molecule has 0 radical (unpaired) electrons. The van der Waals surface area contributed by atoms with Crippen molar-refractivity contribution in [2.45, 2.75) is 39.5 Å². The van der Waals surface area contributed by atoms with Crippen LogP contribution in [0.25, 0.3) is 0 Å². The maximum Gasteiger partial charge on any atom is 0.119 e. The molecule has 0 heterocycles. The van der Waals surface area contributed by atoms with Gasteiger partial charge in [-0.1, -0.05) is 55.7 Å². The molecule has 0 saturated carbocycles. The van der Waals surface area contributed by atoms with Crippen molar-refractivity contribution in [1.29, 1.82) is 0 Å². The molecule has 0 amide bonds. The number of hydrogen-bond acceptors (Lipinski definition) is 1. The van der Waals surface area contributed by atoms with Crippen molar-refractivity contribution in [3.05, 3.63) is 65.2 Å². The van der Waals surface area contributed by atoms with Gasteiger partial charge in [0.05, 0.1) is 6.61 Å². The van der Waals surface area contributed by atoms with Crippen molar-refractivity contribution in [2.24, 2.45) is 0 Å². The molecular formula is C21H24O. The van der Waals surface area contributed by atoms with E-state index in [-0.39, 0.29) is 0 Å². The van der Waals surface area contributed by atoms with E-state index in [0.717, 1.165) is 29.9 Å². The second kappa shape index (κ2) is 8.95. The van der Waals surface area contributed by atoms with Gasteiger partial charge in [0.15, 0.2) is 0 Å². The van der Waals surface area contributed by atoms with Crippen LogP contribution in [0.5, 0.6) is 5.75 Å². The smallest absolute Gasteiger partial charge is 0.119 e. The van der Waals surface area contributed by atoms with Crippen LogP contribution in [0, 0.1) is 18.8 Å². The van der Waals surface area contributed by atoms with E-state index in [1.54, 1.807) is 0 Å². The molecule has 0 unspecified atom stereocenters. The van der Waals surface area contributed by atoms with Gasteiger partial charge >= 0.3 is 0 Å². The lowest BCUT2D eigenvalue weighted by Gasteiger charge is -2.05. The minimum atomic E-state index is 0.800. The van der Waals surface area contributed by atoms with Gasteiger partial charge in [-0.15, -0.1) is 0 Å². The molecule has 2 rings (SSSR count). The molecule has 2 aromatic carbocycles. The third-order valence-corrected chi connectivity index (χ3v) is 3.52. The van der Waals surface area contributed by atoms with Crippen LogP contribution in [0.1, 0.15) is 49.3 Å². The molecule has 0 atom stereocenters. The second-order valence-electron chi connectivity index (χ2n) is 5.55. The molecule has 114 valence electrons. The summed E-state index contributed by atoms with van der Waals surface area (Å²) in [6, 6.07) is 16.3. The molecule has 0 bridgehead atoms. The van der Waals surface area contributed by atoms with Gasteiger partial charge in [0.1, 0.15) is 5.75 Å². The first-order valence-corrected chi connectivity index (χ1v) is 8.09. The number of ether oxygens (including phenoxy) is 1. The van der Waals surface area contributed by atoms with E-state index in [1.165, 1.54) is 24.8 Å². The van der Waals surface area contributed by atoms with E-state index in [0.29, 0.717) is 0 Å². The Balaban J connectivity index is 1.85. The normalized spacial score (nSPS) is 9.91. The molecule has 2 aromatic rings. The lowest BCUT2D eigenvalue weighted by Crippen LogP contribution is -1.96. The van der Waals surface area contributed by atoms with Crippen LogP contribution in [0.4, 0.5) is 0 Å². The van der Waals surface area contributed by atoms with Gasteiger partial charge in [-0.3, -0.25) is 0 Å². The van der Waals surface area contributed by atoms with Crippen LogP contribution in [0.15, 0.2) is 48.5 Å². The summed E-state index contributed by atoms with van der Waals surface area (Å²) in [5, 5.41) is 0. The van der Waals surface area contributed by atoms with Gasteiger partial charge in [0, 0.05) is 11.1 Å². The molecule has 0 spiro atoms. The average Bonchev–Trinajstić information content (AvgIpc) is 2.55. The van der Waals surface area contributed by atoms with Gasteiger partial charge < -0.3 is 4.74 Å². The van der Waals surface area contributed by atoms with Crippen LogP contribution in [-0.4, -0.2) is 6.61 Å². The Bertz CT molecular complexity index is 612. The summed E-state index contributed by atoms with van der Waals surface area (Å²) in [7, 11) is 0. The zero-order valence-electron chi connectivity index (χ0n) is 13.6. The van der Waals surface area contributed by atoms with Crippen molar-refractivity contribution in [2.75, 3.05) is 6.61 Å². The fraction of sp³-hybridized carbons (Fsp3) is 0.333. The molecule has 0 saturated heterocycles. The van der Waals surface area contributed by atoms with Crippen LogP contribution >= 0.6 is 0 Å². The fourth-order valence-corrected chi connectivity index (χ4v) is 2.13. The maximum absolute atomic E-state index is 5.74. The van der Waals surface area contributed by atoms with E-state index in [2.05, 4.69) is 50.0 Å². The highest BCUT2D eigenvalue weighted by molar-refractivity contribution is 5.44. The van der Waals surface area contributed by atoms with E-state index < -0.39 is 0 Å². The minimum absolute atomic E-state index is 0.800. The molecule has 1 nitrogen and oxygen atoms in total. The minimum Gasteiger partial charge on any atom is -0.494 e. The summed E-state index contributed by atoms with van der Waals surface area (Å²) in [5.74, 6) is 7.30. The maximum atomic E-state index is 5.74. The van der Waals surface area contributed by atoms with E-state index in [9.17, 15) is 0 Å². The highest BCUT2D eigenvalue weighted by atomic mass is 16.5. The van der Waals surface area contributed by atoms with Crippen LogP contribution in [0.3, 0.4) is 0 Å².